The number of nitrogens with two attached hydrogens (primary N) is 1. The van der Waals surface area contributed by atoms with Crippen molar-refractivity contribution >= 4 is 16.6 Å². The molecule has 4 heteroatoms. The minimum Gasteiger partial charge on any atom is -0.494 e. The molecule has 2 N–H and O–H groups in total. The summed E-state index contributed by atoms with van der Waals surface area (Å²) in [6.07, 6.45) is 1.72. The standard InChI is InChI=1S/C17H16N2O2/c1-2-20-13-6-7-15-16(11-13)19-9-8-17(15)21-14-5-3-4-12(18)10-14/h3-11H,2,18H2,1H3. The van der Waals surface area contributed by atoms with E-state index in [1.807, 2.05) is 49.4 Å². The first-order chi connectivity index (χ1) is 10.3. The molecular weight excluding hydrogens is 264 g/mol. The second kappa shape index (κ2) is 5.71. The van der Waals surface area contributed by atoms with Crippen LogP contribution in [0.3, 0.4) is 0 Å². The van der Waals surface area contributed by atoms with Crippen LogP contribution in [0.1, 0.15) is 6.92 Å². The summed E-state index contributed by atoms with van der Waals surface area (Å²) in [5.41, 5.74) is 7.28. The third-order valence-corrected chi connectivity index (χ3v) is 3.07. The van der Waals surface area contributed by atoms with Gasteiger partial charge in [0.25, 0.3) is 0 Å². The highest BCUT2D eigenvalue weighted by atomic mass is 16.5. The van der Waals surface area contributed by atoms with E-state index < -0.39 is 0 Å². The summed E-state index contributed by atoms with van der Waals surface area (Å²) in [4.78, 5) is 4.36. The summed E-state index contributed by atoms with van der Waals surface area (Å²) < 4.78 is 11.4. The van der Waals surface area contributed by atoms with Gasteiger partial charge in [-0.15, -0.1) is 0 Å². The molecule has 0 unspecified atom stereocenters. The van der Waals surface area contributed by atoms with Gasteiger partial charge in [-0.3, -0.25) is 4.98 Å². The molecule has 0 aliphatic rings. The highest BCUT2D eigenvalue weighted by Crippen LogP contribution is 2.31. The van der Waals surface area contributed by atoms with Gasteiger partial charge >= 0.3 is 0 Å². The molecule has 0 bridgehead atoms. The Hall–Kier alpha value is -2.75. The molecule has 3 aromatic rings. The van der Waals surface area contributed by atoms with Gasteiger partial charge in [0.15, 0.2) is 0 Å². The van der Waals surface area contributed by atoms with Crippen molar-refractivity contribution in [3.05, 3.63) is 54.7 Å². The number of fused-ring (bicyclic) bond motifs is 1. The van der Waals surface area contributed by atoms with E-state index in [0.29, 0.717) is 18.0 Å². The number of rotatable bonds is 4. The second-order valence-corrected chi connectivity index (χ2v) is 4.60. The summed E-state index contributed by atoms with van der Waals surface area (Å²) in [6.45, 7) is 2.59. The summed E-state index contributed by atoms with van der Waals surface area (Å²) >= 11 is 0. The van der Waals surface area contributed by atoms with Crippen LogP contribution in [0.15, 0.2) is 54.7 Å². The Morgan fingerprint density at radius 2 is 1.95 bits per heavy atom. The lowest BCUT2D eigenvalue weighted by atomic mass is 10.2. The van der Waals surface area contributed by atoms with E-state index >= 15 is 0 Å². The van der Waals surface area contributed by atoms with Crippen molar-refractivity contribution in [2.75, 3.05) is 12.3 Å². The monoisotopic (exact) mass is 280 g/mol. The van der Waals surface area contributed by atoms with E-state index in [4.69, 9.17) is 15.2 Å². The predicted octanol–water partition coefficient (Wildman–Crippen LogP) is 4.01. The number of nitrogen functional groups attached to an aromatic ring is 1. The zero-order valence-electron chi connectivity index (χ0n) is 11.7. The fourth-order valence-corrected chi connectivity index (χ4v) is 2.15. The first-order valence-corrected chi connectivity index (χ1v) is 6.81. The Morgan fingerprint density at radius 1 is 1.05 bits per heavy atom. The lowest BCUT2D eigenvalue weighted by Crippen LogP contribution is -1.93. The largest absolute Gasteiger partial charge is 0.494 e. The summed E-state index contributed by atoms with van der Waals surface area (Å²) in [7, 11) is 0. The van der Waals surface area contributed by atoms with Crippen molar-refractivity contribution in [2.45, 2.75) is 6.92 Å². The first-order valence-electron chi connectivity index (χ1n) is 6.81. The molecule has 0 amide bonds. The number of pyridine rings is 1. The van der Waals surface area contributed by atoms with Gasteiger partial charge in [-0.2, -0.15) is 0 Å². The molecule has 0 saturated heterocycles. The van der Waals surface area contributed by atoms with Gasteiger partial charge in [-0.05, 0) is 37.3 Å². The van der Waals surface area contributed by atoms with E-state index in [1.165, 1.54) is 0 Å². The Balaban J connectivity index is 1.99. The van der Waals surface area contributed by atoms with Gasteiger partial charge in [-0.1, -0.05) is 6.07 Å². The van der Waals surface area contributed by atoms with Gasteiger partial charge in [0.05, 0.1) is 12.1 Å². The summed E-state index contributed by atoms with van der Waals surface area (Å²) in [6, 6.07) is 15.0. The van der Waals surface area contributed by atoms with Crippen molar-refractivity contribution in [3.63, 3.8) is 0 Å². The van der Waals surface area contributed by atoms with Gasteiger partial charge in [0.1, 0.15) is 17.2 Å². The van der Waals surface area contributed by atoms with Crippen molar-refractivity contribution in [3.8, 4) is 17.2 Å². The minimum atomic E-state index is 0.630. The Kier molecular flexibility index (Phi) is 3.60. The average molecular weight is 280 g/mol. The number of nitrogens with zero attached hydrogens (tertiary/aromatic N) is 1. The maximum absolute atomic E-state index is 5.91. The number of benzene rings is 2. The smallest absolute Gasteiger partial charge is 0.138 e. The SMILES string of the molecule is CCOc1ccc2c(Oc3cccc(N)c3)ccnc2c1. The van der Waals surface area contributed by atoms with Crippen LogP contribution in [0.5, 0.6) is 17.2 Å². The molecule has 0 saturated carbocycles. The molecule has 106 valence electrons. The second-order valence-electron chi connectivity index (χ2n) is 4.60. The lowest BCUT2D eigenvalue weighted by molar-refractivity contribution is 0.340. The molecule has 1 aromatic heterocycles. The van der Waals surface area contributed by atoms with Gasteiger partial charge in [0, 0.05) is 29.4 Å². The Labute approximate surface area is 123 Å². The minimum absolute atomic E-state index is 0.630. The molecule has 1 heterocycles. The Morgan fingerprint density at radius 3 is 2.76 bits per heavy atom. The summed E-state index contributed by atoms with van der Waals surface area (Å²) in [5, 5.41) is 0.934. The van der Waals surface area contributed by atoms with E-state index in [0.717, 1.165) is 22.4 Å². The van der Waals surface area contributed by atoms with Gasteiger partial charge in [0.2, 0.25) is 0 Å². The first kappa shape index (κ1) is 13.2. The molecule has 0 radical (unpaired) electrons. The third kappa shape index (κ3) is 2.89. The fraction of sp³-hybridized carbons (Fsp3) is 0.118. The van der Waals surface area contributed by atoms with Crippen LogP contribution in [-0.4, -0.2) is 11.6 Å². The molecule has 0 spiro atoms. The van der Waals surface area contributed by atoms with E-state index in [1.54, 1.807) is 12.3 Å². The van der Waals surface area contributed by atoms with Crippen molar-refractivity contribution in [1.29, 1.82) is 0 Å². The lowest BCUT2D eigenvalue weighted by Gasteiger charge is -2.10. The van der Waals surface area contributed by atoms with Crippen LogP contribution >= 0.6 is 0 Å². The van der Waals surface area contributed by atoms with Gasteiger partial charge < -0.3 is 15.2 Å². The molecule has 3 rings (SSSR count). The fourth-order valence-electron chi connectivity index (χ4n) is 2.15. The van der Waals surface area contributed by atoms with Crippen LogP contribution in [0.25, 0.3) is 10.9 Å². The van der Waals surface area contributed by atoms with Crippen LogP contribution in [0.4, 0.5) is 5.69 Å². The molecule has 0 aliphatic carbocycles. The molecule has 2 aromatic carbocycles. The normalized spacial score (nSPS) is 10.5. The van der Waals surface area contributed by atoms with E-state index in [9.17, 15) is 0 Å². The number of anilines is 1. The number of hydrogen-bond acceptors (Lipinski definition) is 4. The highest BCUT2D eigenvalue weighted by molar-refractivity contribution is 5.86. The van der Waals surface area contributed by atoms with Crippen LogP contribution < -0.4 is 15.2 Å². The predicted molar refractivity (Wildman–Crippen MR) is 83.8 cm³/mol. The van der Waals surface area contributed by atoms with Crippen LogP contribution in [-0.2, 0) is 0 Å². The van der Waals surface area contributed by atoms with E-state index in [2.05, 4.69) is 4.98 Å². The number of aromatic nitrogens is 1. The molecular formula is C17H16N2O2. The number of hydrogen-bond donors (Lipinski definition) is 1. The molecule has 0 atom stereocenters. The average Bonchev–Trinajstić information content (AvgIpc) is 2.48. The topological polar surface area (TPSA) is 57.4 Å². The van der Waals surface area contributed by atoms with Crippen LogP contribution in [0, 0.1) is 0 Å². The maximum atomic E-state index is 5.91. The summed E-state index contributed by atoms with van der Waals surface area (Å²) in [5.74, 6) is 2.25. The zero-order chi connectivity index (χ0) is 14.7. The quantitative estimate of drug-likeness (QED) is 0.734. The third-order valence-electron chi connectivity index (χ3n) is 3.07. The van der Waals surface area contributed by atoms with Crippen molar-refractivity contribution in [1.82, 2.24) is 4.98 Å². The van der Waals surface area contributed by atoms with Crippen molar-refractivity contribution < 1.29 is 9.47 Å². The van der Waals surface area contributed by atoms with Crippen molar-refractivity contribution in [2.24, 2.45) is 0 Å². The van der Waals surface area contributed by atoms with Crippen LogP contribution in [0.2, 0.25) is 0 Å². The molecule has 0 aliphatic heterocycles. The molecule has 4 nitrogen and oxygen atoms in total. The van der Waals surface area contributed by atoms with Gasteiger partial charge in [-0.25, -0.2) is 0 Å². The molecule has 0 fully saturated rings. The molecule has 21 heavy (non-hydrogen) atoms. The maximum Gasteiger partial charge on any atom is 0.138 e. The number of ether oxygens (including phenoxy) is 2. The highest BCUT2D eigenvalue weighted by Gasteiger charge is 2.06. The van der Waals surface area contributed by atoms with E-state index in [-0.39, 0.29) is 0 Å². The Bertz CT molecular complexity index is 772. The zero-order valence-corrected chi connectivity index (χ0v) is 11.7.